The van der Waals surface area contributed by atoms with Gasteiger partial charge in [0.2, 0.25) is 0 Å². The van der Waals surface area contributed by atoms with E-state index < -0.39 is 5.54 Å². The standard InChI is InChI=1S/C18H16Cl4N2O/c1-18(2,3)24(17(25)11-7-12(19)9-13(20)8-11)23-10-14-15(21)5-4-6-16(14)22/h4-10H,1-3H3/b23-10+. The van der Waals surface area contributed by atoms with Crippen LogP contribution >= 0.6 is 46.4 Å². The number of hydrazone groups is 1. The monoisotopic (exact) mass is 416 g/mol. The van der Waals surface area contributed by atoms with Crippen molar-refractivity contribution in [2.45, 2.75) is 26.3 Å². The summed E-state index contributed by atoms with van der Waals surface area (Å²) in [6.45, 7) is 5.59. The summed E-state index contributed by atoms with van der Waals surface area (Å²) in [5.74, 6) is -0.337. The minimum Gasteiger partial charge on any atom is -0.267 e. The summed E-state index contributed by atoms with van der Waals surface area (Å²) in [5.41, 5.74) is 0.294. The van der Waals surface area contributed by atoms with Gasteiger partial charge in [-0.3, -0.25) is 4.79 Å². The van der Waals surface area contributed by atoms with Crippen LogP contribution in [0.4, 0.5) is 0 Å². The second-order valence-electron chi connectivity index (χ2n) is 6.33. The number of carbonyl (C=O) groups is 1. The van der Waals surface area contributed by atoms with Gasteiger partial charge < -0.3 is 0 Å². The second-order valence-corrected chi connectivity index (χ2v) is 8.01. The van der Waals surface area contributed by atoms with E-state index in [4.69, 9.17) is 46.4 Å². The van der Waals surface area contributed by atoms with Crippen LogP contribution in [0.15, 0.2) is 41.5 Å². The van der Waals surface area contributed by atoms with E-state index in [0.29, 0.717) is 31.2 Å². The average molecular weight is 418 g/mol. The Morgan fingerprint density at radius 3 is 2.00 bits per heavy atom. The molecule has 0 aliphatic rings. The van der Waals surface area contributed by atoms with Gasteiger partial charge in [-0.1, -0.05) is 52.5 Å². The first-order valence-electron chi connectivity index (χ1n) is 7.38. The van der Waals surface area contributed by atoms with Crippen molar-refractivity contribution in [3.8, 4) is 0 Å². The summed E-state index contributed by atoms with van der Waals surface area (Å²) in [5, 5.41) is 7.32. The highest BCUT2D eigenvalue weighted by atomic mass is 35.5. The van der Waals surface area contributed by atoms with Gasteiger partial charge in [0, 0.05) is 21.2 Å². The maximum absolute atomic E-state index is 12.9. The zero-order valence-electron chi connectivity index (χ0n) is 13.9. The first kappa shape index (κ1) is 20.1. The number of nitrogens with zero attached hydrogens (tertiary/aromatic N) is 2. The molecule has 2 rings (SSSR count). The molecule has 0 unspecified atom stereocenters. The lowest BCUT2D eigenvalue weighted by atomic mass is 10.1. The average Bonchev–Trinajstić information content (AvgIpc) is 2.47. The summed E-state index contributed by atoms with van der Waals surface area (Å²) >= 11 is 24.3. The molecule has 25 heavy (non-hydrogen) atoms. The van der Waals surface area contributed by atoms with Gasteiger partial charge in [0.25, 0.3) is 5.91 Å². The Bertz CT molecular complexity index is 788. The molecule has 2 aromatic carbocycles. The quantitative estimate of drug-likeness (QED) is 0.410. The number of rotatable bonds is 3. The second kappa shape index (κ2) is 7.96. The fraction of sp³-hybridized carbons (Fsp3) is 0.222. The fourth-order valence-electron chi connectivity index (χ4n) is 2.08. The first-order chi connectivity index (χ1) is 11.6. The molecule has 0 radical (unpaired) electrons. The molecular weight excluding hydrogens is 402 g/mol. The molecule has 0 bridgehead atoms. The van der Waals surface area contributed by atoms with Crippen molar-refractivity contribution in [1.82, 2.24) is 5.01 Å². The van der Waals surface area contributed by atoms with Crippen LogP contribution < -0.4 is 0 Å². The van der Waals surface area contributed by atoms with Gasteiger partial charge in [0.1, 0.15) is 0 Å². The molecule has 0 spiro atoms. The number of carbonyl (C=O) groups excluding carboxylic acids is 1. The molecule has 0 saturated carbocycles. The SMILES string of the molecule is CC(C)(C)N(/N=C/c1c(Cl)cccc1Cl)C(=O)c1cc(Cl)cc(Cl)c1. The van der Waals surface area contributed by atoms with Crippen molar-refractivity contribution in [1.29, 1.82) is 0 Å². The minimum atomic E-state index is -0.587. The van der Waals surface area contributed by atoms with E-state index in [1.807, 2.05) is 20.8 Å². The van der Waals surface area contributed by atoms with E-state index in [1.165, 1.54) is 11.2 Å². The highest BCUT2D eigenvalue weighted by Gasteiger charge is 2.27. The number of benzene rings is 2. The normalized spacial score (nSPS) is 11.8. The Labute approximate surface area is 167 Å². The molecule has 7 heteroatoms. The van der Waals surface area contributed by atoms with Crippen LogP contribution in [-0.2, 0) is 0 Å². The van der Waals surface area contributed by atoms with Crippen LogP contribution in [0.25, 0.3) is 0 Å². The van der Waals surface area contributed by atoms with Gasteiger partial charge in [-0.2, -0.15) is 5.10 Å². The molecule has 3 nitrogen and oxygen atoms in total. The zero-order chi connectivity index (χ0) is 18.8. The lowest BCUT2D eigenvalue weighted by molar-refractivity contribution is 0.0593. The minimum absolute atomic E-state index is 0.337. The molecule has 0 aliphatic carbocycles. The summed E-state index contributed by atoms with van der Waals surface area (Å²) in [6, 6.07) is 9.80. The Hall–Kier alpha value is -1.26. The molecule has 2 aromatic rings. The first-order valence-corrected chi connectivity index (χ1v) is 8.89. The predicted molar refractivity (Wildman–Crippen MR) is 106 cm³/mol. The molecule has 0 saturated heterocycles. The molecule has 0 aromatic heterocycles. The van der Waals surface area contributed by atoms with Crippen molar-refractivity contribution >= 4 is 58.5 Å². The number of hydrogen-bond donors (Lipinski definition) is 0. The highest BCUT2D eigenvalue weighted by molar-refractivity contribution is 6.38. The number of hydrogen-bond acceptors (Lipinski definition) is 2. The largest absolute Gasteiger partial charge is 0.274 e. The van der Waals surface area contributed by atoms with Crippen LogP contribution in [0.2, 0.25) is 20.1 Å². The van der Waals surface area contributed by atoms with Crippen LogP contribution in [-0.4, -0.2) is 22.7 Å². The van der Waals surface area contributed by atoms with Crippen LogP contribution in [0.1, 0.15) is 36.7 Å². The Morgan fingerprint density at radius 2 is 1.52 bits per heavy atom. The van der Waals surface area contributed by atoms with Gasteiger partial charge in [-0.15, -0.1) is 0 Å². The Kier molecular flexibility index (Phi) is 6.39. The lowest BCUT2D eigenvalue weighted by Gasteiger charge is -2.31. The highest BCUT2D eigenvalue weighted by Crippen LogP contribution is 2.25. The molecule has 132 valence electrons. The Balaban J connectivity index is 2.43. The van der Waals surface area contributed by atoms with E-state index in [9.17, 15) is 4.79 Å². The number of amides is 1. The van der Waals surface area contributed by atoms with Gasteiger partial charge >= 0.3 is 0 Å². The maximum Gasteiger partial charge on any atom is 0.274 e. The van der Waals surface area contributed by atoms with E-state index in [-0.39, 0.29) is 5.91 Å². The van der Waals surface area contributed by atoms with E-state index >= 15 is 0 Å². The third-order valence-electron chi connectivity index (χ3n) is 3.24. The summed E-state index contributed by atoms with van der Waals surface area (Å²) < 4.78 is 0. The summed E-state index contributed by atoms with van der Waals surface area (Å²) in [7, 11) is 0. The van der Waals surface area contributed by atoms with Crippen LogP contribution in [0, 0.1) is 0 Å². The molecule has 0 N–H and O–H groups in total. The molecule has 0 atom stereocenters. The van der Waals surface area contributed by atoms with Crippen molar-refractivity contribution in [3.05, 3.63) is 67.6 Å². The van der Waals surface area contributed by atoms with Crippen molar-refractivity contribution in [3.63, 3.8) is 0 Å². The van der Waals surface area contributed by atoms with Crippen LogP contribution in [0.5, 0.6) is 0 Å². The van der Waals surface area contributed by atoms with E-state index in [1.54, 1.807) is 36.4 Å². The smallest absolute Gasteiger partial charge is 0.267 e. The Morgan fingerprint density at radius 1 is 1.00 bits per heavy atom. The van der Waals surface area contributed by atoms with E-state index in [0.717, 1.165) is 0 Å². The maximum atomic E-state index is 12.9. The predicted octanol–water partition coefficient (Wildman–Crippen LogP) is 6.58. The van der Waals surface area contributed by atoms with Gasteiger partial charge in [0.05, 0.1) is 21.8 Å². The third-order valence-corrected chi connectivity index (χ3v) is 4.33. The van der Waals surface area contributed by atoms with Crippen molar-refractivity contribution < 1.29 is 4.79 Å². The van der Waals surface area contributed by atoms with Gasteiger partial charge in [-0.25, -0.2) is 5.01 Å². The molecule has 0 heterocycles. The van der Waals surface area contributed by atoms with Gasteiger partial charge in [-0.05, 0) is 51.1 Å². The molecule has 0 aliphatic heterocycles. The number of halogens is 4. The zero-order valence-corrected chi connectivity index (χ0v) is 16.9. The van der Waals surface area contributed by atoms with Crippen molar-refractivity contribution in [2.24, 2.45) is 5.10 Å². The van der Waals surface area contributed by atoms with E-state index in [2.05, 4.69) is 5.10 Å². The van der Waals surface area contributed by atoms with Crippen molar-refractivity contribution in [2.75, 3.05) is 0 Å². The fourth-order valence-corrected chi connectivity index (χ4v) is 3.10. The van der Waals surface area contributed by atoms with Gasteiger partial charge in [0.15, 0.2) is 0 Å². The summed E-state index contributed by atoms with van der Waals surface area (Å²) in [4.78, 5) is 12.9. The molecule has 1 amide bonds. The molecular formula is C18H16Cl4N2O. The summed E-state index contributed by atoms with van der Waals surface area (Å²) in [6.07, 6.45) is 1.47. The topological polar surface area (TPSA) is 32.7 Å². The molecule has 0 fully saturated rings. The third kappa shape index (κ3) is 5.11. The lowest BCUT2D eigenvalue weighted by Crippen LogP contribution is -2.42. The van der Waals surface area contributed by atoms with Crippen LogP contribution in [0.3, 0.4) is 0 Å².